The van der Waals surface area contributed by atoms with Crippen molar-refractivity contribution in [2.24, 2.45) is 4.36 Å². The van der Waals surface area contributed by atoms with Crippen LogP contribution < -0.4 is 0 Å². The van der Waals surface area contributed by atoms with Crippen LogP contribution in [-0.2, 0) is 14.5 Å². The molecule has 0 saturated heterocycles. The van der Waals surface area contributed by atoms with Gasteiger partial charge in [-0.05, 0) is 33.6 Å². The maximum atomic E-state index is 12.9. The predicted octanol–water partition coefficient (Wildman–Crippen LogP) is 4.31. The van der Waals surface area contributed by atoms with Gasteiger partial charge in [0.2, 0.25) is 6.39 Å². The van der Waals surface area contributed by atoms with Crippen molar-refractivity contribution in [1.29, 1.82) is 0 Å². The van der Waals surface area contributed by atoms with Crippen LogP contribution in [0.3, 0.4) is 0 Å². The molecular weight excluding hydrogens is 375 g/mol. The molecule has 0 aromatic carbocycles. The van der Waals surface area contributed by atoms with E-state index >= 15 is 0 Å². The zero-order chi connectivity index (χ0) is 20.0. The third-order valence-electron chi connectivity index (χ3n) is 3.25. The van der Waals surface area contributed by atoms with E-state index in [0.29, 0.717) is 5.82 Å². The molecule has 1 amide bonds. The van der Waals surface area contributed by atoms with Crippen LogP contribution in [0.5, 0.6) is 0 Å². The van der Waals surface area contributed by atoms with E-state index in [1.54, 1.807) is 27.7 Å². The zero-order valence-electron chi connectivity index (χ0n) is 15.2. The monoisotopic (exact) mass is 399 g/mol. The van der Waals surface area contributed by atoms with Gasteiger partial charge in [-0.15, -0.1) is 4.36 Å². The van der Waals surface area contributed by atoms with Crippen molar-refractivity contribution in [1.82, 2.24) is 10.1 Å². The number of amides is 1. The largest absolute Gasteiger partial charge is 0.442 e. The van der Waals surface area contributed by atoms with E-state index in [0.717, 1.165) is 6.39 Å². The molecule has 150 valence electrons. The smallest absolute Gasteiger partial charge is 0.442 e. The van der Waals surface area contributed by atoms with Gasteiger partial charge >= 0.3 is 12.3 Å². The summed E-state index contributed by atoms with van der Waals surface area (Å²) in [6.45, 7) is 6.60. The molecule has 7 nitrogen and oxygen atoms in total. The summed E-state index contributed by atoms with van der Waals surface area (Å²) in [5.41, 5.74) is -0.842. The van der Waals surface area contributed by atoms with Crippen LogP contribution in [0, 0.1) is 0 Å². The fourth-order valence-corrected chi connectivity index (χ4v) is 4.01. The molecule has 1 unspecified atom stereocenters. The van der Waals surface area contributed by atoms with Crippen molar-refractivity contribution in [3.05, 3.63) is 12.2 Å². The second-order valence-electron chi connectivity index (χ2n) is 6.95. The Labute approximate surface area is 150 Å². The first-order valence-corrected chi connectivity index (χ1v) is 9.93. The fraction of sp³-hybridized carbons (Fsp3) is 0.800. The molecule has 0 aliphatic carbocycles. The second kappa shape index (κ2) is 8.83. The lowest BCUT2D eigenvalue weighted by Gasteiger charge is -2.18. The summed E-state index contributed by atoms with van der Waals surface area (Å²) in [6, 6.07) is 0. The molecule has 1 rings (SSSR count). The lowest BCUT2D eigenvalue weighted by molar-refractivity contribution is -0.134. The van der Waals surface area contributed by atoms with E-state index in [2.05, 4.69) is 19.0 Å². The molecule has 1 heterocycles. The van der Waals surface area contributed by atoms with Crippen LogP contribution in [0.2, 0.25) is 0 Å². The lowest BCUT2D eigenvalue weighted by atomic mass is 10.1. The quantitative estimate of drug-likeness (QED) is 0.678. The van der Waals surface area contributed by atoms with Crippen molar-refractivity contribution in [2.75, 3.05) is 11.5 Å². The second-order valence-corrected chi connectivity index (χ2v) is 9.49. The Balaban J connectivity index is 2.85. The van der Waals surface area contributed by atoms with Gasteiger partial charge in [-0.2, -0.15) is 18.2 Å². The Kier molecular flexibility index (Phi) is 7.60. The number of rotatable bonds is 7. The highest BCUT2D eigenvalue weighted by molar-refractivity contribution is 7.93. The summed E-state index contributed by atoms with van der Waals surface area (Å²) in [5.74, 6) is -0.268. The first kappa shape index (κ1) is 22.4. The van der Waals surface area contributed by atoms with Gasteiger partial charge in [0.05, 0.1) is 9.73 Å². The normalized spacial score (nSPS) is 16.0. The number of hydrogen-bond donors (Lipinski definition) is 0. The van der Waals surface area contributed by atoms with E-state index in [1.807, 2.05) is 0 Å². The maximum Gasteiger partial charge on any atom is 0.442 e. The van der Waals surface area contributed by atoms with Gasteiger partial charge < -0.3 is 9.26 Å². The van der Waals surface area contributed by atoms with Gasteiger partial charge in [0.25, 0.3) is 0 Å². The minimum absolute atomic E-state index is 0.0696. The van der Waals surface area contributed by atoms with Gasteiger partial charge in [0, 0.05) is 23.8 Å². The third-order valence-corrected chi connectivity index (χ3v) is 5.53. The number of aromatic nitrogens is 2. The number of carbonyl (C=O) groups is 1. The van der Waals surface area contributed by atoms with E-state index in [9.17, 15) is 22.2 Å². The molecule has 0 bridgehead atoms. The molecule has 0 fully saturated rings. The van der Waals surface area contributed by atoms with Crippen molar-refractivity contribution in [2.45, 2.75) is 64.7 Å². The van der Waals surface area contributed by atoms with E-state index < -0.39 is 34.0 Å². The van der Waals surface area contributed by atoms with Crippen LogP contribution in [-0.4, -0.2) is 43.7 Å². The van der Waals surface area contributed by atoms with Gasteiger partial charge in [-0.25, -0.2) is 9.00 Å². The van der Waals surface area contributed by atoms with E-state index in [-0.39, 0.29) is 30.3 Å². The Morgan fingerprint density at radius 2 is 2.00 bits per heavy atom. The van der Waals surface area contributed by atoms with Gasteiger partial charge in [0.15, 0.2) is 5.82 Å². The number of nitrogens with zero attached hydrogens (tertiary/aromatic N) is 3. The number of hydrogen-bond acceptors (Lipinski definition) is 6. The summed E-state index contributed by atoms with van der Waals surface area (Å²) in [6.07, 6.45) is -5.44. The number of ether oxygens (including phenoxy) is 1. The van der Waals surface area contributed by atoms with Gasteiger partial charge in [0.1, 0.15) is 5.60 Å². The molecule has 0 radical (unpaired) electrons. The Morgan fingerprint density at radius 3 is 2.50 bits per heavy atom. The van der Waals surface area contributed by atoms with E-state index in [4.69, 9.17) is 4.74 Å². The SMILES string of the molecule is C[C@@H](CCS(=O)(CCCC(F)(F)F)=NC(=O)OC(C)(C)C)c1ncon1. The summed E-state index contributed by atoms with van der Waals surface area (Å²) in [7, 11) is -3.20. The first-order chi connectivity index (χ1) is 11.8. The van der Waals surface area contributed by atoms with Crippen LogP contribution in [0.25, 0.3) is 0 Å². The minimum atomic E-state index is -4.36. The zero-order valence-corrected chi connectivity index (χ0v) is 16.0. The number of carbonyl (C=O) groups excluding carboxylic acids is 1. The predicted molar refractivity (Wildman–Crippen MR) is 89.2 cm³/mol. The molecule has 11 heteroatoms. The van der Waals surface area contributed by atoms with E-state index in [1.165, 1.54) is 0 Å². The lowest BCUT2D eigenvalue weighted by Crippen LogP contribution is -2.24. The summed E-state index contributed by atoms with van der Waals surface area (Å²) in [4.78, 5) is 15.8. The van der Waals surface area contributed by atoms with Crippen LogP contribution in [0.1, 0.15) is 58.7 Å². The minimum Gasteiger partial charge on any atom is -0.442 e. The summed E-state index contributed by atoms with van der Waals surface area (Å²) < 4.78 is 63.3. The van der Waals surface area contributed by atoms with Crippen LogP contribution in [0.15, 0.2) is 15.3 Å². The molecular formula is C15H24F3N3O4S. The Bertz CT molecular complexity index is 690. The van der Waals surface area contributed by atoms with Crippen LogP contribution >= 0.6 is 0 Å². The molecule has 0 spiro atoms. The van der Waals surface area contributed by atoms with Crippen LogP contribution in [0.4, 0.5) is 18.0 Å². The summed E-state index contributed by atoms with van der Waals surface area (Å²) in [5, 5.41) is 3.67. The average Bonchev–Trinajstić information content (AvgIpc) is 2.95. The van der Waals surface area contributed by atoms with Crippen molar-refractivity contribution in [3.8, 4) is 0 Å². The summed E-state index contributed by atoms with van der Waals surface area (Å²) >= 11 is 0. The standard InChI is InChI=1S/C15H24F3N3O4S/c1-11(12-19-10-24-20-12)6-9-26(23,8-5-7-15(16,17)18)21-13(22)25-14(2,3)4/h10-11H,5-9H2,1-4H3/t11-,26?/m0/s1. The molecule has 0 N–H and O–H groups in total. The molecule has 26 heavy (non-hydrogen) atoms. The number of halogens is 3. The van der Waals surface area contributed by atoms with Crippen molar-refractivity contribution in [3.63, 3.8) is 0 Å². The average molecular weight is 399 g/mol. The van der Waals surface area contributed by atoms with Gasteiger partial charge in [-0.3, -0.25) is 0 Å². The molecule has 1 aromatic heterocycles. The first-order valence-electron chi connectivity index (χ1n) is 8.08. The fourth-order valence-electron chi connectivity index (χ4n) is 1.99. The Hall–Kier alpha value is -1.65. The molecule has 0 aliphatic heterocycles. The Morgan fingerprint density at radius 1 is 1.35 bits per heavy atom. The van der Waals surface area contributed by atoms with Gasteiger partial charge in [-0.1, -0.05) is 12.1 Å². The maximum absolute atomic E-state index is 12.9. The van der Waals surface area contributed by atoms with Crippen molar-refractivity contribution < 1.29 is 31.4 Å². The highest BCUT2D eigenvalue weighted by atomic mass is 32.2. The molecule has 0 aliphatic rings. The van der Waals surface area contributed by atoms with Crippen molar-refractivity contribution >= 4 is 15.8 Å². The third kappa shape index (κ3) is 9.16. The number of alkyl halides is 3. The highest BCUT2D eigenvalue weighted by Gasteiger charge is 2.28. The topological polar surface area (TPSA) is 94.7 Å². The molecule has 0 saturated carbocycles. The highest BCUT2D eigenvalue weighted by Crippen LogP contribution is 2.23. The molecule has 2 atom stereocenters. The molecule has 1 aromatic rings.